The molecule has 3 saturated heterocycles. The lowest BCUT2D eigenvalue weighted by Gasteiger charge is -2.40. The molecule has 0 unspecified atom stereocenters. The number of phenolic OH excluding ortho intramolecular Hbond substituents is 1. The molecule has 3 aliphatic heterocycles. The third kappa shape index (κ3) is 4.35. The highest BCUT2D eigenvalue weighted by Crippen LogP contribution is 2.43. The molecule has 8 rings (SSSR count). The van der Waals surface area contributed by atoms with E-state index in [-0.39, 0.29) is 46.8 Å². The van der Waals surface area contributed by atoms with Crippen molar-refractivity contribution < 1.29 is 23.0 Å². The van der Waals surface area contributed by atoms with E-state index in [0.29, 0.717) is 52.7 Å². The first kappa shape index (κ1) is 27.9. The molecule has 0 spiro atoms. The molecule has 0 saturated carbocycles. The van der Waals surface area contributed by atoms with Crippen molar-refractivity contribution in [3.63, 3.8) is 0 Å². The van der Waals surface area contributed by atoms with Crippen molar-refractivity contribution in [1.29, 1.82) is 0 Å². The first-order valence-electron chi connectivity index (χ1n) is 15.2. The third-order valence-corrected chi connectivity index (χ3v) is 9.75. The van der Waals surface area contributed by atoms with Crippen LogP contribution < -0.4 is 15.3 Å². The van der Waals surface area contributed by atoms with Crippen molar-refractivity contribution in [1.82, 2.24) is 30.3 Å². The van der Waals surface area contributed by atoms with E-state index in [4.69, 9.17) is 19.1 Å². The second-order valence-corrected chi connectivity index (χ2v) is 12.5. The van der Waals surface area contributed by atoms with Crippen LogP contribution in [0, 0.1) is 12.7 Å². The summed E-state index contributed by atoms with van der Waals surface area (Å²) in [4.78, 5) is 27.5. The highest BCUT2D eigenvalue weighted by molar-refractivity contribution is 6.07. The molecule has 232 valence electrons. The van der Waals surface area contributed by atoms with E-state index in [1.807, 2.05) is 4.90 Å². The van der Waals surface area contributed by atoms with Gasteiger partial charge in [0.2, 0.25) is 0 Å². The zero-order valence-electron chi connectivity index (χ0n) is 24.8. The molecule has 3 aromatic heterocycles. The van der Waals surface area contributed by atoms with Crippen LogP contribution in [0.3, 0.4) is 0 Å². The Labute approximate surface area is 255 Å². The number of nitrogens with one attached hydrogen (secondary N) is 1. The van der Waals surface area contributed by atoms with Gasteiger partial charge < -0.3 is 19.2 Å². The van der Waals surface area contributed by atoms with Crippen LogP contribution in [0.25, 0.3) is 44.3 Å². The Morgan fingerprint density at radius 1 is 1.22 bits per heavy atom. The molecular formula is C32H31F2N7O4. The van der Waals surface area contributed by atoms with Crippen LogP contribution in [-0.4, -0.2) is 79.4 Å². The molecule has 11 nitrogen and oxygen atoms in total. The number of hydrogen-bond acceptors (Lipinski definition) is 10. The van der Waals surface area contributed by atoms with E-state index in [1.54, 1.807) is 13.0 Å². The summed E-state index contributed by atoms with van der Waals surface area (Å²) in [5.74, 6) is -0.114. The van der Waals surface area contributed by atoms with E-state index < -0.39 is 23.2 Å². The fourth-order valence-electron chi connectivity index (χ4n) is 7.40. The standard InChI is InChI=1S/C32H31F2N7O4/c1-16-6-9-41(16)29-26-27(36-31(37-29)44-15-32-7-3-8-40(32)14-19(33)12-32)17(2)28(45-30(26)43)21-11-20(42)10-18-4-5-22(34)25(24(18)21)23-13-35-39-38-23/h4-5,10-11,13,16,19,42H,3,6-9,12,14-15H2,1-2H3,(H,35,38,39)/t16-,19-,32+/m1/s1. The molecule has 0 bridgehead atoms. The number of phenols is 1. The molecule has 3 atom stereocenters. The van der Waals surface area contributed by atoms with Gasteiger partial charge in [-0.3, -0.25) is 4.90 Å². The number of nitrogens with zero attached hydrogens (tertiary/aromatic N) is 6. The first-order valence-corrected chi connectivity index (χ1v) is 15.2. The van der Waals surface area contributed by atoms with Crippen LogP contribution in [0.5, 0.6) is 11.8 Å². The van der Waals surface area contributed by atoms with Crippen molar-refractivity contribution in [2.24, 2.45) is 0 Å². The summed E-state index contributed by atoms with van der Waals surface area (Å²) >= 11 is 0. The normalized spacial score (nSPS) is 23.2. The number of aromatic amines is 1. The van der Waals surface area contributed by atoms with Gasteiger partial charge in [-0.15, -0.1) is 0 Å². The number of ether oxygens (including phenoxy) is 1. The van der Waals surface area contributed by atoms with E-state index in [0.717, 1.165) is 25.8 Å². The van der Waals surface area contributed by atoms with Crippen molar-refractivity contribution in [3.8, 4) is 34.3 Å². The number of aryl methyl sites for hydroxylation is 1. The maximum atomic E-state index is 15.4. The monoisotopic (exact) mass is 615 g/mol. The molecule has 3 fully saturated rings. The summed E-state index contributed by atoms with van der Waals surface area (Å²) in [6.45, 7) is 5.97. The SMILES string of the molecule is Cc1c(-c2cc(O)cc3ccc(F)c(-c4cn[nH]n4)c23)oc(=O)c2c(N3CC[C@H]3C)nc(OC[C@@]34CCCN3C[C@H](F)C4)nc12. The molecule has 13 heteroatoms. The molecule has 45 heavy (non-hydrogen) atoms. The number of hydrogen-bond donors (Lipinski definition) is 2. The average Bonchev–Trinajstić information content (AvgIpc) is 3.73. The number of fused-ring (bicyclic) bond motifs is 3. The Hall–Kier alpha value is -4.65. The lowest BCUT2D eigenvalue weighted by molar-refractivity contribution is 0.107. The Kier molecular flexibility index (Phi) is 6.31. The van der Waals surface area contributed by atoms with E-state index in [9.17, 15) is 14.3 Å². The molecule has 0 amide bonds. The van der Waals surface area contributed by atoms with Gasteiger partial charge in [-0.1, -0.05) is 6.07 Å². The highest BCUT2D eigenvalue weighted by atomic mass is 19.1. The van der Waals surface area contributed by atoms with Gasteiger partial charge in [0, 0.05) is 47.6 Å². The van der Waals surface area contributed by atoms with Crippen molar-refractivity contribution in [3.05, 3.63) is 52.3 Å². The van der Waals surface area contributed by atoms with Crippen LogP contribution in [-0.2, 0) is 0 Å². The van der Waals surface area contributed by atoms with Crippen LogP contribution in [0.2, 0.25) is 0 Å². The Morgan fingerprint density at radius 2 is 2.09 bits per heavy atom. The maximum absolute atomic E-state index is 15.4. The predicted octanol–water partition coefficient (Wildman–Crippen LogP) is 4.90. The van der Waals surface area contributed by atoms with Crippen molar-refractivity contribution in [2.45, 2.75) is 57.3 Å². The van der Waals surface area contributed by atoms with Crippen LogP contribution in [0.15, 0.2) is 39.7 Å². The van der Waals surface area contributed by atoms with Gasteiger partial charge in [-0.2, -0.15) is 25.4 Å². The zero-order valence-corrected chi connectivity index (χ0v) is 24.8. The number of rotatable bonds is 6. The average molecular weight is 616 g/mol. The third-order valence-electron chi connectivity index (χ3n) is 9.75. The largest absolute Gasteiger partial charge is 0.508 e. The van der Waals surface area contributed by atoms with Gasteiger partial charge in [-0.25, -0.2) is 13.6 Å². The smallest absolute Gasteiger partial charge is 0.349 e. The first-order chi connectivity index (χ1) is 21.7. The maximum Gasteiger partial charge on any atom is 0.349 e. The number of halogens is 2. The van der Waals surface area contributed by atoms with Crippen LogP contribution in [0.1, 0.15) is 38.2 Å². The van der Waals surface area contributed by atoms with Crippen molar-refractivity contribution in [2.75, 3.05) is 31.1 Å². The quantitative estimate of drug-likeness (QED) is 0.272. The molecule has 5 aromatic rings. The second kappa shape index (κ2) is 10.2. The molecule has 2 aromatic carbocycles. The summed E-state index contributed by atoms with van der Waals surface area (Å²) < 4.78 is 42.1. The summed E-state index contributed by atoms with van der Waals surface area (Å²) in [5.41, 5.74) is 0.424. The minimum atomic E-state index is -0.901. The lowest BCUT2D eigenvalue weighted by Crippen LogP contribution is -2.47. The van der Waals surface area contributed by atoms with E-state index in [2.05, 4.69) is 27.2 Å². The highest BCUT2D eigenvalue weighted by Gasteiger charge is 2.49. The lowest BCUT2D eigenvalue weighted by atomic mass is 9.93. The number of aromatic nitrogens is 5. The van der Waals surface area contributed by atoms with E-state index in [1.165, 1.54) is 24.4 Å². The molecule has 2 N–H and O–H groups in total. The van der Waals surface area contributed by atoms with Gasteiger partial charge in [0.15, 0.2) is 5.82 Å². The number of anilines is 1. The van der Waals surface area contributed by atoms with Crippen LogP contribution in [0.4, 0.5) is 14.6 Å². The van der Waals surface area contributed by atoms with Gasteiger partial charge in [0.1, 0.15) is 41.2 Å². The molecule has 6 heterocycles. The molecule has 3 aliphatic rings. The fraction of sp³-hybridized carbons (Fsp3) is 0.406. The Balaban J connectivity index is 1.32. The predicted molar refractivity (Wildman–Crippen MR) is 163 cm³/mol. The second-order valence-electron chi connectivity index (χ2n) is 12.5. The minimum absolute atomic E-state index is 0.0925. The fourth-order valence-corrected chi connectivity index (χ4v) is 7.40. The van der Waals surface area contributed by atoms with Gasteiger partial charge in [-0.05, 0) is 63.2 Å². The van der Waals surface area contributed by atoms with Crippen LogP contribution >= 0.6 is 0 Å². The summed E-state index contributed by atoms with van der Waals surface area (Å²) in [5, 5.41) is 22.3. The zero-order chi connectivity index (χ0) is 31.0. The molecular weight excluding hydrogens is 584 g/mol. The van der Waals surface area contributed by atoms with Crippen molar-refractivity contribution >= 4 is 27.5 Å². The molecule has 0 aliphatic carbocycles. The number of aromatic hydroxyl groups is 1. The molecule has 0 radical (unpaired) electrons. The summed E-state index contributed by atoms with van der Waals surface area (Å²) in [7, 11) is 0. The van der Waals surface area contributed by atoms with Gasteiger partial charge in [0.25, 0.3) is 0 Å². The Bertz CT molecular complexity index is 2030. The van der Waals surface area contributed by atoms with E-state index >= 15 is 4.39 Å². The number of H-pyrrole nitrogens is 1. The Morgan fingerprint density at radius 3 is 2.84 bits per heavy atom. The summed E-state index contributed by atoms with van der Waals surface area (Å²) in [6.07, 6.45) is 3.64. The minimum Gasteiger partial charge on any atom is -0.508 e. The summed E-state index contributed by atoms with van der Waals surface area (Å²) in [6, 6.07) is 6.00. The van der Waals surface area contributed by atoms with Gasteiger partial charge in [0.05, 0.1) is 17.3 Å². The topological polar surface area (TPSA) is 134 Å². The van der Waals surface area contributed by atoms with Gasteiger partial charge >= 0.3 is 11.6 Å². The number of alkyl halides is 1. The number of benzene rings is 2.